The van der Waals surface area contributed by atoms with Crippen LogP contribution in [0.15, 0.2) is 24.3 Å². The van der Waals surface area contributed by atoms with Crippen molar-refractivity contribution in [3.63, 3.8) is 0 Å². The van der Waals surface area contributed by atoms with Gasteiger partial charge in [-0.25, -0.2) is 0 Å². The average Bonchev–Trinajstić information content (AvgIpc) is 3.20. The summed E-state index contributed by atoms with van der Waals surface area (Å²) in [5.74, 6) is 0.848. The van der Waals surface area contributed by atoms with Crippen LogP contribution < -0.4 is 5.32 Å². The van der Waals surface area contributed by atoms with E-state index in [1.54, 1.807) is 0 Å². The third-order valence-electron chi connectivity index (χ3n) is 3.77. The molecule has 4 heteroatoms. The number of halogens is 1. The van der Waals surface area contributed by atoms with Crippen molar-refractivity contribution in [2.75, 3.05) is 13.6 Å². The first-order valence-corrected chi connectivity index (χ1v) is 7.15. The minimum Gasteiger partial charge on any atom is -0.351 e. The lowest BCUT2D eigenvalue weighted by Crippen LogP contribution is -2.40. The summed E-state index contributed by atoms with van der Waals surface area (Å²) in [5, 5.41) is 3.63. The van der Waals surface area contributed by atoms with Crippen molar-refractivity contribution in [3.8, 4) is 0 Å². The molecule has 3 nitrogen and oxygen atoms in total. The van der Waals surface area contributed by atoms with Gasteiger partial charge >= 0.3 is 0 Å². The molecule has 1 aliphatic carbocycles. The monoisotopic (exact) mass is 280 g/mol. The summed E-state index contributed by atoms with van der Waals surface area (Å²) in [6.07, 6.45) is 2.60. The number of carbonyl (C=O) groups is 1. The van der Waals surface area contributed by atoms with E-state index < -0.39 is 0 Å². The molecular formula is C15H21ClN2O. The number of amides is 1. The molecule has 1 aromatic rings. The third-order valence-corrected chi connectivity index (χ3v) is 4.01. The minimum atomic E-state index is 0.0648. The van der Waals surface area contributed by atoms with Gasteiger partial charge in [0.15, 0.2) is 0 Å². The Hall–Kier alpha value is -1.06. The Labute approximate surface area is 119 Å². The van der Waals surface area contributed by atoms with E-state index in [1.807, 2.05) is 31.3 Å². The van der Waals surface area contributed by atoms with E-state index in [9.17, 15) is 4.79 Å². The van der Waals surface area contributed by atoms with Crippen molar-refractivity contribution < 1.29 is 4.79 Å². The summed E-state index contributed by atoms with van der Waals surface area (Å²) in [5.41, 5.74) is 1.03. The van der Waals surface area contributed by atoms with Crippen LogP contribution in [0.1, 0.15) is 25.3 Å². The topological polar surface area (TPSA) is 32.3 Å². The lowest BCUT2D eigenvalue weighted by atomic mass is 10.2. The standard InChI is InChI=1S/C15H21ClN2O/c1-11(13-6-7-13)18(2)10-15(19)17-9-12-4-3-5-14(16)8-12/h3-5,8,11,13H,6-7,9-10H2,1-2H3,(H,17,19). The molecule has 0 aliphatic heterocycles. The zero-order valence-electron chi connectivity index (χ0n) is 11.5. The van der Waals surface area contributed by atoms with Gasteiger partial charge in [-0.3, -0.25) is 9.69 Å². The van der Waals surface area contributed by atoms with E-state index in [0.717, 1.165) is 11.5 Å². The molecule has 1 aliphatic rings. The molecule has 0 aromatic heterocycles. The number of hydrogen-bond acceptors (Lipinski definition) is 2. The maximum absolute atomic E-state index is 11.9. The van der Waals surface area contributed by atoms with Crippen molar-refractivity contribution in [2.24, 2.45) is 5.92 Å². The van der Waals surface area contributed by atoms with E-state index >= 15 is 0 Å². The molecule has 1 unspecified atom stereocenters. The Morgan fingerprint density at radius 2 is 2.26 bits per heavy atom. The van der Waals surface area contributed by atoms with Gasteiger partial charge in [0, 0.05) is 17.6 Å². The van der Waals surface area contributed by atoms with Crippen LogP contribution in [0.25, 0.3) is 0 Å². The molecule has 1 N–H and O–H groups in total. The second-order valence-corrected chi connectivity index (χ2v) is 5.84. The highest BCUT2D eigenvalue weighted by Crippen LogP contribution is 2.34. The van der Waals surface area contributed by atoms with Crippen LogP contribution in [0.3, 0.4) is 0 Å². The van der Waals surface area contributed by atoms with Crippen LogP contribution in [0.2, 0.25) is 5.02 Å². The summed E-state index contributed by atoms with van der Waals surface area (Å²) in [7, 11) is 2.02. The van der Waals surface area contributed by atoms with E-state index in [-0.39, 0.29) is 5.91 Å². The molecule has 1 saturated carbocycles. The van der Waals surface area contributed by atoms with Crippen molar-refractivity contribution in [1.29, 1.82) is 0 Å². The summed E-state index contributed by atoms with van der Waals surface area (Å²) < 4.78 is 0. The Bertz CT molecular complexity index is 446. The van der Waals surface area contributed by atoms with Crippen LogP contribution in [0.4, 0.5) is 0 Å². The van der Waals surface area contributed by atoms with Crippen molar-refractivity contribution in [1.82, 2.24) is 10.2 Å². The van der Waals surface area contributed by atoms with Gasteiger partial charge in [0.05, 0.1) is 6.54 Å². The molecule has 1 aromatic carbocycles. The Morgan fingerprint density at radius 1 is 1.53 bits per heavy atom. The first kappa shape index (κ1) is 14.4. The molecule has 0 bridgehead atoms. The smallest absolute Gasteiger partial charge is 0.234 e. The van der Waals surface area contributed by atoms with Gasteiger partial charge in [-0.1, -0.05) is 23.7 Å². The molecular weight excluding hydrogens is 260 g/mol. The number of benzene rings is 1. The molecule has 0 heterocycles. The molecule has 1 atom stereocenters. The van der Waals surface area contributed by atoms with E-state index in [4.69, 9.17) is 11.6 Å². The van der Waals surface area contributed by atoms with Gasteiger partial charge in [0.25, 0.3) is 0 Å². The molecule has 0 radical (unpaired) electrons. The Balaban J connectivity index is 1.75. The number of rotatable bonds is 6. The SMILES string of the molecule is CC(C1CC1)N(C)CC(=O)NCc1cccc(Cl)c1. The number of likely N-dealkylation sites (N-methyl/N-ethyl adjacent to an activating group) is 1. The first-order valence-electron chi connectivity index (χ1n) is 6.77. The molecule has 19 heavy (non-hydrogen) atoms. The Kier molecular flexibility index (Phi) is 4.83. The highest BCUT2D eigenvalue weighted by Gasteiger charge is 2.30. The summed E-state index contributed by atoms with van der Waals surface area (Å²) >= 11 is 5.91. The van der Waals surface area contributed by atoms with Crippen LogP contribution in [-0.4, -0.2) is 30.4 Å². The van der Waals surface area contributed by atoms with E-state index in [2.05, 4.69) is 17.1 Å². The van der Waals surface area contributed by atoms with Crippen LogP contribution in [0.5, 0.6) is 0 Å². The minimum absolute atomic E-state index is 0.0648. The van der Waals surface area contributed by atoms with Crippen LogP contribution in [-0.2, 0) is 11.3 Å². The molecule has 0 spiro atoms. The predicted octanol–water partition coefficient (Wildman–Crippen LogP) is 2.69. The van der Waals surface area contributed by atoms with Gasteiger partial charge in [0.1, 0.15) is 0 Å². The Morgan fingerprint density at radius 3 is 2.89 bits per heavy atom. The molecule has 1 fully saturated rings. The summed E-state index contributed by atoms with van der Waals surface area (Å²) in [6.45, 7) is 3.19. The third kappa shape index (κ3) is 4.51. The predicted molar refractivity (Wildman–Crippen MR) is 78.1 cm³/mol. The normalized spacial score (nSPS) is 16.4. The van der Waals surface area contributed by atoms with Gasteiger partial charge < -0.3 is 5.32 Å². The average molecular weight is 281 g/mol. The largest absolute Gasteiger partial charge is 0.351 e. The number of carbonyl (C=O) groups excluding carboxylic acids is 1. The summed E-state index contributed by atoms with van der Waals surface area (Å²) in [6, 6.07) is 8.06. The first-order chi connectivity index (χ1) is 9.06. The number of hydrogen-bond donors (Lipinski definition) is 1. The fourth-order valence-electron chi connectivity index (χ4n) is 2.21. The van der Waals surface area contributed by atoms with Crippen molar-refractivity contribution >= 4 is 17.5 Å². The second kappa shape index (κ2) is 6.40. The number of nitrogens with zero attached hydrogens (tertiary/aromatic N) is 1. The second-order valence-electron chi connectivity index (χ2n) is 5.40. The van der Waals surface area contributed by atoms with Gasteiger partial charge in [-0.15, -0.1) is 0 Å². The molecule has 2 rings (SSSR count). The lowest BCUT2D eigenvalue weighted by Gasteiger charge is -2.23. The fraction of sp³-hybridized carbons (Fsp3) is 0.533. The van der Waals surface area contributed by atoms with Gasteiger partial charge in [-0.05, 0) is 50.4 Å². The van der Waals surface area contributed by atoms with E-state index in [0.29, 0.717) is 24.2 Å². The fourth-order valence-corrected chi connectivity index (χ4v) is 2.43. The van der Waals surface area contributed by atoms with Crippen LogP contribution in [0, 0.1) is 5.92 Å². The zero-order chi connectivity index (χ0) is 13.8. The molecule has 1 amide bonds. The highest BCUT2D eigenvalue weighted by molar-refractivity contribution is 6.30. The van der Waals surface area contributed by atoms with E-state index in [1.165, 1.54) is 12.8 Å². The molecule has 0 saturated heterocycles. The maximum atomic E-state index is 11.9. The number of nitrogens with one attached hydrogen (secondary N) is 1. The van der Waals surface area contributed by atoms with Gasteiger partial charge in [0.2, 0.25) is 5.91 Å². The summed E-state index contributed by atoms with van der Waals surface area (Å²) in [4.78, 5) is 14.0. The highest BCUT2D eigenvalue weighted by atomic mass is 35.5. The lowest BCUT2D eigenvalue weighted by molar-refractivity contribution is -0.122. The van der Waals surface area contributed by atoms with Gasteiger partial charge in [-0.2, -0.15) is 0 Å². The quantitative estimate of drug-likeness (QED) is 0.869. The zero-order valence-corrected chi connectivity index (χ0v) is 12.3. The van der Waals surface area contributed by atoms with Crippen molar-refractivity contribution in [2.45, 2.75) is 32.4 Å². The maximum Gasteiger partial charge on any atom is 0.234 e. The van der Waals surface area contributed by atoms with Crippen LogP contribution >= 0.6 is 11.6 Å². The molecule has 104 valence electrons. The van der Waals surface area contributed by atoms with Crippen molar-refractivity contribution in [3.05, 3.63) is 34.9 Å².